The van der Waals surface area contributed by atoms with E-state index in [0.29, 0.717) is 15.6 Å². The van der Waals surface area contributed by atoms with Crippen molar-refractivity contribution in [1.29, 1.82) is 0 Å². The number of thiazole rings is 1. The minimum atomic E-state index is -0.890. The fraction of sp³-hybridized carbons (Fsp3) is 0.100. The van der Waals surface area contributed by atoms with Crippen molar-refractivity contribution in [2.45, 2.75) is 4.34 Å². The molecule has 2 aromatic heterocycles. The van der Waals surface area contributed by atoms with Gasteiger partial charge in [-0.25, -0.2) is 9.37 Å². The molecule has 0 unspecified atom stereocenters. The Labute approximate surface area is 105 Å². The summed E-state index contributed by atoms with van der Waals surface area (Å²) in [5.74, 6) is -1.34. The van der Waals surface area contributed by atoms with Crippen LogP contribution in [-0.2, 0) is 4.79 Å². The Kier molecular flexibility index (Phi) is 3.70. The summed E-state index contributed by atoms with van der Waals surface area (Å²) < 4.78 is 13.6. The molecular formula is C10H7FN2O2S2. The van der Waals surface area contributed by atoms with Crippen LogP contribution in [0.5, 0.6) is 0 Å². The zero-order valence-electron chi connectivity index (χ0n) is 8.46. The molecule has 0 bridgehead atoms. The van der Waals surface area contributed by atoms with Gasteiger partial charge in [-0.05, 0) is 6.07 Å². The summed E-state index contributed by atoms with van der Waals surface area (Å²) >= 11 is 2.47. The Bertz CT molecular complexity index is 545. The highest BCUT2D eigenvalue weighted by Gasteiger charge is 2.07. The molecule has 4 nitrogen and oxygen atoms in total. The second-order valence-electron chi connectivity index (χ2n) is 3.07. The predicted molar refractivity (Wildman–Crippen MR) is 63.7 cm³/mol. The lowest BCUT2D eigenvalue weighted by Crippen LogP contribution is -1.96. The van der Waals surface area contributed by atoms with Crippen LogP contribution in [0.1, 0.15) is 0 Å². The van der Waals surface area contributed by atoms with Gasteiger partial charge in [0.25, 0.3) is 0 Å². The fourth-order valence-corrected chi connectivity index (χ4v) is 2.69. The zero-order chi connectivity index (χ0) is 12.3. The molecule has 0 radical (unpaired) electrons. The number of carbonyl (C=O) groups is 1. The molecule has 0 fully saturated rings. The molecule has 0 saturated carbocycles. The van der Waals surface area contributed by atoms with Gasteiger partial charge in [0, 0.05) is 17.1 Å². The van der Waals surface area contributed by atoms with Gasteiger partial charge in [0.15, 0.2) is 4.34 Å². The number of hydrogen-bond donors (Lipinski definition) is 1. The first-order valence-electron chi connectivity index (χ1n) is 4.56. The van der Waals surface area contributed by atoms with Gasteiger partial charge in [0.05, 0.1) is 17.6 Å². The Morgan fingerprint density at radius 1 is 1.53 bits per heavy atom. The van der Waals surface area contributed by atoms with E-state index < -0.39 is 11.8 Å². The van der Waals surface area contributed by atoms with Gasteiger partial charge in [0.1, 0.15) is 5.82 Å². The number of hydrogen-bond acceptors (Lipinski definition) is 5. The highest BCUT2D eigenvalue weighted by molar-refractivity contribution is 8.01. The topological polar surface area (TPSA) is 63.1 Å². The van der Waals surface area contributed by atoms with E-state index in [1.165, 1.54) is 23.6 Å². The van der Waals surface area contributed by atoms with Crippen molar-refractivity contribution < 1.29 is 14.3 Å². The maximum Gasteiger partial charge on any atom is 0.313 e. The van der Waals surface area contributed by atoms with Crippen LogP contribution in [0.4, 0.5) is 4.39 Å². The van der Waals surface area contributed by atoms with Gasteiger partial charge < -0.3 is 5.11 Å². The van der Waals surface area contributed by atoms with E-state index >= 15 is 0 Å². The summed E-state index contributed by atoms with van der Waals surface area (Å²) in [5.41, 5.74) is 1.19. The molecule has 0 aromatic carbocycles. The maximum atomic E-state index is 12.9. The molecule has 2 heterocycles. The summed E-state index contributed by atoms with van der Waals surface area (Å²) in [5, 5.41) is 10.3. The summed E-state index contributed by atoms with van der Waals surface area (Å²) in [6.07, 6.45) is 2.64. The van der Waals surface area contributed by atoms with E-state index in [0.717, 1.165) is 18.0 Å². The molecule has 7 heteroatoms. The Balaban J connectivity index is 2.15. The van der Waals surface area contributed by atoms with Crippen LogP contribution in [0.2, 0.25) is 0 Å². The van der Waals surface area contributed by atoms with Gasteiger partial charge in [-0.3, -0.25) is 9.78 Å². The van der Waals surface area contributed by atoms with Crippen molar-refractivity contribution >= 4 is 29.1 Å². The van der Waals surface area contributed by atoms with Crippen LogP contribution in [0, 0.1) is 5.82 Å². The highest BCUT2D eigenvalue weighted by Crippen LogP contribution is 2.27. The third-order valence-corrected chi connectivity index (χ3v) is 3.81. The first-order valence-corrected chi connectivity index (χ1v) is 6.43. The number of aliphatic carboxylic acids is 1. The molecule has 2 aromatic rings. The summed E-state index contributed by atoms with van der Waals surface area (Å²) in [7, 11) is 0. The molecule has 1 N–H and O–H groups in total. The third-order valence-electron chi connectivity index (χ3n) is 1.80. The fourth-order valence-electron chi connectivity index (χ4n) is 1.13. The van der Waals surface area contributed by atoms with Crippen LogP contribution in [0.15, 0.2) is 28.2 Å². The number of aromatic nitrogens is 2. The van der Waals surface area contributed by atoms with Crippen molar-refractivity contribution in [2.75, 3.05) is 5.75 Å². The first kappa shape index (κ1) is 12.0. The molecule has 2 rings (SSSR count). The van der Waals surface area contributed by atoms with Crippen LogP contribution < -0.4 is 0 Å². The molecule has 0 aliphatic heterocycles. The number of rotatable bonds is 4. The minimum Gasteiger partial charge on any atom is -0.481 e. The third kappa shape index (κ3) is 3.24. The van der Waals surface area contributed by atoms with Crippen LogP contribution in [0.3, 0.4) is 0 Å². The number of halogens is 1. The van der Waals surface area contributed by atoms with Crippen LogP contribution >= 0.6 is 23.1 Å². The van der Waals surface area contributed by atoms with Gasteiger partial charge >= 0.3 is 5.97 Å². The lowest BCUT2D eigenvalue weighted by atomic mass is 10.2. The SMILES string of the molecule is O=C(O)CSc1nc(-c2cncc(F)c2)cs1. The molecule has 0 saturated heterocycles. The molecule has 0 spiro atoms. The summed E-state index contributed by atoms with van der Waals surface area (Å²) in [6, 6.07) is 1.34. The van der Waals surface area contributed by atoms with E-state index in [1.807, 2.05) is 0 Å². The first-order chi connectivity index (χ1) is 8.15. The average Bonchev–Trinajstić information content (AvgIpc) is 2.75. The van der Waals surface area contributed by atoms with Crippen molar-refractivity contribution in [3.05, 3.63) is 29.7 Å². The normalized spacial score (nSPS) is 10.4. The molecule has 0 amide bonds. The lowest BCUT2D eigenvalue weighted by molar-refractivity contribution is -0.133. The van der Waals surface area contributed by atoms with E-state index in [1.54, 1.807) is 5.38 Å². The number of pyridine rings is 1. The Morgan fingerprint density at radius 3 is 3.06 bits per heavy atom. The van der Waals surface area contributed by atoms with Gasteiger partial charge in [-0.1, -0.05) is 11.8 Å². The van der Waals surface area contributed by atoms with E-state index in [-0.39, 0.29) is 5.75 Å². The highest BCUT2D eigenvalue weighted by atomic mass is 32.2. The van der Waals surface area contributed by atoms with Crippen molar-refractivity contribution in [1.82, 2.24) is 9.97 Å². The number of nitrogens with zero attached hydrogens (tertiary/aromatic N) is 2. The Morgan fingerprint density at radius 2 is 2.35 bits per heavy atom. The van der Waals surface area contributed by atoms with E-state index in [4.69, 9.17) is 5.11 Å². The van der Waals surface area contributed by atoms with Crippen LogP contribution in [-0.4, -0.2) is 26.8 Å². The molecule has 0 aliphatic carbocycles. The number of thioether (sulfide) groups is 1. The average molecular weight is 270 g/mol. The monoisotopic (exact) mass is 270 g/mol. The maximum absolute atomic E-state index is 12.9. The smallest absolute Gasteiger partial charge is 0.313 e. The zero-order valence-corrected chi connectivity index (χ0v) is 10.1. The van der Waals surface area contributed by atoms with Gasteiger partial charge in [0.2, 0.25) is 0 Å². The largest absolute Gasteiger partial charge is 0.481 e. The van der Waals surface area contributed by atoms with Crippen molar-refractivity contribution in [2.24, 2.45) is 0 Å². The van der Waals surface area contributed by atoms with Gasteiger partial charge in [-0.15, -0.1) is 11.3 Å². The second kappa shape index (κ2) is 5.24. The van der Waals surface area contributed by atoms with Gasteiger partial charge in [-0.2, -0.15) is 0 Å². The minimum absolute atomic E-state index is 0.0334. The van der Waals surface area contributed by atoms with Crippen LogP contribution in [0.25, 0.3) is 11.3 Å². The molecule has 88 valence electrons. The lowest BCUT2D eigenvalue weighted by Gasteiger charge is -1.95. The van der Waals surface area contributed by atoms with E-state index in [2.05, 4.69) is 9.97 Å². The molecule has 0 atom stereocenters. The summed E-state index contributed by atoms with van der Waals surface area (Å²) in [4.78, 5) is 18.3. The van der Waals surface area contributed by atoms with E-state index in [9.17, 15) is 9.18 Å². The molecule has 17 heavy (non-hydrogen) atoms. The number of carboxylic acids is 1. The number of carboxylic acid groups (broad SMARTS) is 1. The standard InChI is InChI=1S/C10H7FN2O2S2/c11-7-1-6(2-12-3-7)8-4-16-10(13-8)17-5-9(14)15/h1-4H,5H2,(H,14,15). The second-order valence-corrected chi connectivity index (χ2v) is 5.15. The summed E-state index contributed by atoms with van der Waals surface area (Å²) in [6.45, 7) is 0. The quantitative estimate of drug-likeness (QED) is 0.865. The molecular weight excluding hydrogens is 263 g/mol. The molecule has 0 aliphatic rings. The Hall–Kier alpha value is -1.47. The predicted octanol–water partition coefficient (Wildman–Crippen LogP) is 2.52. The van der Waals surface area contributed by atoms with Crippen molar-refractivity contribution in [3.63, 3.8) is 0 Å². The van der Waals surface area contributed by atoms with Crippen molar-refractivity contribution in [3.8, 4) is 11.3 Å².